The molecule has 1 N–H and O–H groups in total. The Morgan fingerprint density at radius 1 is 1.37 bits per heavy atom. The molecular weight excluding hydrogens is 240 g/mol. The lowest BCUT2D eigenvalue weighted by atomic mass is 9.86. The quantitative estimate of drug-likeness (QED) is 0.910. The van der Waals surface area contributed by atoms with Crippen LogP contribution < -0.4 is 4.90 Å². The smallest absolute Gasteiger partial charge is 0.339 e. The number of carboxylic acid groups (broad SMARTS) is 1. The van der Waals surface area contributed by atoms with E-state index < -0.39 is 5.97 Å². The summed E-state index contributed by atoms with van der Waals surface area (Å²) in [7, 11) is 1.94. The number of anilines is 1. The topological polar surface area (TPSA) is 53.4 Å². The zero-order chi connectivity index (χ0) is 15.0. The Hall–Kier alpha value is -1.58. The molecular formula is C15H24N2O2. The third kappa shape index (κ3) is 3.25. The van der Waals surface area contributed by atoms with E-state index in [2.05, 4.69) is 32.7 Å². The Bertz CT molecular complexity index is 490. The lowest BCUT2D eigenvalue weighted by molar-refractivity contribution is 0.0696. The molecule has 19 heavy (non-hydrogen) atoms. The second-order valence-corrected chi connectivity index (χ2v) is 6.20. The number of pyridine rings is 1. The highest BCUT2D eigenvalue weighted by Crippen LogP contribution is 2.30. The molecule has 1 aromatic heterocycles. The monoisotopic (exact) mass is 264 g/mol. The number of nitrogens with zero attached hydrogens (tertiary/aromatic N) is 2. The molecule has 0 saturated carbocycles. The van der Waals surface area contributed by atoms with Crippen LogP contribution in [0.2, 0.25) is 0 Å². The van der Waals surface area contributed by atoms with Crippen molar-refractivity contribution in [2.75, 3.05) is 11.9 Å². The van der Waals surface area contributed by atoms with Crippen LogP contribution in [0.25, 0.3) is 0 Å². The lowest BCUT2D eigenvalue weighted by Crippen LogP contribution is -2.40. The van der Waals surface area contributed by atoms with Gasteiger partial charge in [-0.05, 0) is 32.3 Å². The highest BCUT2D eigenvalue weighted by Gasteiger charge is 2.27. The molecule has 0 aromatic carbocycles. The number of rotatable bonds is 3. The van der Waals surface area contributed by atoms with E-state index in [1.165, 1.54) is 0 Å². The highest BCUT2D eigenvalue weighted by atomic mass is 16.4. The van der Waals surface area contributed by atoms with Crippen molar-refractivity contribution in [2.24, 2.45) is 5.41 Å². The molecule has 4 heteroatoms. The van der Waals surface area contributed by atoms with Gasteiger partial charge in [0.15, 0.2) is 0 Å². The number of hydrogen-bond acceptors (Lipinski definition) is 3. The van der Waals surface area contributed by atoms with Gasteiger partial charge >= 0.3 is 5.97 Å². The molecule has 1 aromatic rings. The molecule has 1 unspecified atom stereocenters. The van der Waals surface area contributed by atoms with Crippen LogP contribution in [0.5, 0.6) is 0 Å². The van der Waals surface area contributed by atoms with Crippen molar-refractivity contribution in [1.29, 1.82) is 0 Å². The van der Waals surface area contributed by atoms with Gasteiger partial charge in [-0.1, -0.05) is 20.8 Å². The van der Waals surface area contributed by atoms with Crippen LogP contribution in [0.4, 0.5) is 5.69 Å². The molecule has 0 amide bonds. The van der Waals surface area contributed by atoms with Crippen LogP contribution in [0.3, 0.4) is 0 Å². The van der Waals surface area contributed by atoms with Crippen molar-refractivity contribution in [3.05, 3.63) is 23.0 Å². The van der Waals surface area contributed by atoms with Crippen molar-refractivity contribution in [1.82, 2.24) is 4.98 Å². The number of aryl methyl sites for hydroxylation is 2. The van der Waals surface area contributed by atoms with E-state index in [9.17, 15) is 9.90 Å². The fourth-order valence-corrected chi connectivity index (χ4v) is 2.14. The van der Waals surface area contributed by atoms with Crippen LogP contribution in [-0.2, 0) is 0 Å². The van der Waals surface area contributed by atoms with Gasteiger partial charge in [-0.2, -0.15) is 0 Å². The number of carbonyl (C=O) groups is 1. The molecule has 0 aliphatic rings. The second-order valence-electron chi connectivity index (χ2n) is 6.20. The first-order valence-corrected chi connectivity index (χ1v) is 6.50. The molecule has 0 fully saturated rings. The normalized spacial score (nSPS) is 13.2. The Morgan fingerprint density at radius 2 is 1.89 bits per heavy atom. The summed E-state index contributed by atoms with van der Waals surface area (Å²) in [5.41, 5.74) is 2.50. The molecule has 0 aliphatic carbocycles. The number of carboxylic acids is 1. The summed E-state index contributed by atoms with van der Waals surface area (Å²) in [6.07, 6.45) is 0. The fraction of sp³-hybridized carbons (Fsp3) is 0.600. The predicted octanol–water partition coefficient (Wildman–Crippen LogP) is 3.27. The lowest BCUT2D eigenvalue weighted by Gasteiger charge is -2.37. The average molecular weight is 264 g/mol. The largest absolute Gasteiger partial charge is 0.478 e. The van der Waals surface area contributed by atoms with Crippen LogP contribution >= 0.6 is 0 Å². The minimum Gasteiger partial charge on any atom is -0.478 e. The SMILES string of the molecule is Cc1cc(N(C)C(C)C(C)(C)C)c(C(=O)O)c(C)n1. The molecule has 0 radical (unpaired) electrons. The zero-order valence-electron chi connectivity index (χ0n) is 12.9. The van der Waals surface area contributed by atoms with Gasteiger partial charge < -0.3 is 10.0 Å². The zero-order valence-corrected chi connectivity index (χ0v) is 12.9. The van der Waals surface area contributed by atoms with E-state index in [-0.39, 0.29) is 11.5 Å². The Labute approximate surface area is 115 Å². The van der Waals surface area contributed by atoms with E-state index in [4.69, 9.17) is 0 Å². The molecule has 1 heterocycles. The van der Waals surface area contributed by atoms with Gasteiger partial charge in [0.05, 0.1) is 11.4 Å². The van der Waals surface area contributed by atoms with Crippen molar-refractivity contribution in [2.45, 2.75) is 47.6 Å². The average Bonchev–Trinajstić information content (AvgIpc) is 2.23. The maximum Gasteiger partial charge on any atom is 0.339 e. The van der Waals surface area contributed by atoms with Gasteiger partial charge in [-0.3, -0.25) is 4.98 Å². The van der Waals surface area contributed by atoms with Gasteiger partial charge in [-0.15, -0.1) is 0 Å². The Kier molecular flexibility index (Phi) is 4.23. The van der Waals surface area contributed by atoms with Gasteiger partial charge in [-0.25, -0.2) is 4.79 Å². The summed E-state index contributed by atoms with van der Waals surface area (Å²) in [4.78, 5) is 17.7. The van der Waals surface area contributed by atoms with Gasteiger partial charge in [0.2, 0.25) is 0 Å². The van der Waals surface area contributed by atoms with E-state index in [1.54, 1.807) is 6.92 Å². The third-order valence-corrected chi connectivity index (χ3v) is 3.74. The summed E-state index contributed by atoms with van der Waals surface area (Å²) in [6.45, 7) is 12.2. The van der Waals surface area contributed by atoms with Crippen molar-refractivity contribution in [3.8, 4) is 0 Å². The van der Waals surface area contributed by atoms with Gasteiger partial charge in [0, 0.05) is 18.8 Å². The van der Waals surface area contributed by atoms with Crippen molar-refractivity contribution >= 4 is 11.7 Å². The van der Waals surface area contributed by atoms with E-state index in [0.717, 1.165) is 11.4 Å². The van der Waals surface area contributed by atoms with Crippen LogP contribution in [0.15, 0.2) is 6.07 Å². The first-order chi connectivity index (χ1) is 8.55. The van der Waals surface area contributed by atoms with Crippen LogP contribution in [0, 0.1) is 19.3 Å². The molecule has 0 bridgehead atoms. The van der Waals surface area contributed by atoms with Crippen molar-refractivity contribution in [3.63, 3.8) is 0 Å². The Balaban J connectivity index is 3.37. The number of aromatic carboxylic acids is 1. The summed E-state index contributed by atoms with van der Waals surface area (Å²) in [5, 5.41) is 9.40. The van der Waals surface area contributed by atoms with E-state index in [0.29, 0.717) is 11.3 Å². The highest BCUT2D eigenvalue weighted by molar-refractivity contribution is 5.95. The molecule has 4 nitrogen and oxygen atoms in total. The molecule has 0 aliphatic heterocycles. The first kappa shape index (κ1) is 15.5. The molecule has 106 valence electrons. The summed E-state index contributed by atoms with van der Waals surface area (Å²) in [5.74, 6) is -0.923. The third-order valence-electron chi connectivity index (χ3n) is 3.74. The molecule has 0 spiro atoms. The standard InChI is InChI=1S/C15H24N2O2/c1-9-8-12(13(14(18)19)10(2)16-9)17(7)11(3)15(4,5)6/h8,11H,1-7H3,(H,18,19). The van der Waals surface area contributed by atoms with Crippen molar-refractivity contribution < 1.29 is 9.90 Å². The molecule has 1 atom stereocenters. The first-order valence-electron chi connectivity index (χ1n) is 6.50. The number of hydrogen-bond donors (Lipinski definition) is 1. The number of aromatic nitrogens is 1. The molecule has 0 saturated heterocycles. The van der Waals surface area contributed by atoms with Gasteiger partial charge in [0.1, 0.15) is 5.56 Å². The maximum atomic E-state index is 11.5. The fourth-order valence-electron chi connectivity index (χ4n) is 2.14. The Morgan fingerprint density at radius 3 is 2.32 bits per heavy atom. The molecule has 1 rings (SSSR count). The summed E-state index contributed by atoms with van der Waals surface area (Å²) >= 11 is 0. The maximum absolute atomic E-state index is 11.5. The van der Waals surface area contributed by atoms with Crippen LogP contribution in [0.1, 0.15) is 49.4 Å². The minimum absolute atomic E-state index is 0.0651. The predicted molar refractivity (Wildman–Crippen MR) is 78.0 cm³/mol. The van der Waals surface area contributed by atoms with E-state index in [1.807, 2.05) is 24.9 Å². The minimum atomic E-state index is -0.923. The summed E-state index contributed by atoms with van der Waals surface area (Å²) in [6, 6.07) is 2.06. The second kappa shape index (κ2) is 5.19. The summed E-state index contributed by atoms with van der Waals surface area (Å²) < 4.78 is 0. The van der Waals surface area contributed by atoms with Crippen LogP contribution in [-0.4, -0.2) is 29.1 Å². The van der Waals surface area contributed by atoms with E-state index >= 15 is 0 Å². The van der Waals surface area contributed by atoms with Gasteiger partial charge in [0.25, 0.3) is 0 Å².